The molecule has 0 amide bonds. The van der Waals surface area contributed by atoms with Crippen LogP contribution in [-0.4, -0.2) is 22.1 Å². The lowest BCUT2D eigenvalue weighted by Crippen LogP contribution is -2.19. The predicted octanol–water partition coefficient (Wildman–Crippen LogP) is 4.27. The summed E-state index contributed by atoms with van der Waals surface area (Å²) >= 11 is 8.07. The van der Waals surface area contributed by atoms with Crippen LogP contribution in [-0.2, 0) is 0 Å². The van der Waals surface area contributed by atoms with Crippen molar-refractivity contribution in [3.63, 3.8) is 0 Å². The zero-order chi connectivity index (χ0) is 10.2. The Morgan fingerprint density at radius 3 is 2.57 bits per heavy atom. The van der Waals surface area contributed by atoms with Crippen molar-refractivity contribution in [1.29, 1.82) is 0 Å². The third kappa shape index (κ3) is 4.90. The second kappa shape index (κ2) is 7.84. The molecule has 0 radical (unpaired) electrons. The van der Waals surface area contributed by atoms with E-state index in [2.05, 4.69) is 11.2 Å². The number of nitrogens with zero attached hydrogens (tertiary/aromatic N) is 1. The molecular weight excluding hydrogens is 214 g/mol. The van der Waals surface area contributed by atoms with Gasteiger partial charge in [-0.05, 0) is 12.8 Å². The monoisotopic (exact) mass is 235 g/mol. The van der Waals surface area contributed by atoms with Crippen molar-refractivity contribution >= 4 is 23.5 Å². The fourth-order valence-corrected chi connectivity index (χ4v) is 3.34. The molecule has 0 aromatic rings. The average Bonchev–Trinajstić information content (AvgIpc) is 2.58. The van der Waals surface area contributed by atoms with Crippen LogP contribution < -0.4 is 0 Å². The van der Waals surface area contributed by atoms with Crippen LogP contribution in [0.5, 0.6) is 0 Å². The molecule has 1 rings (SSSR count). The first-order chi connectivity index (χ1) is 6.84. The molecule has 1 aliphatic heterocycles. The maximum absolute atomic E-state index is 6.15. The molecule has 0 saturated carbocycles. The van der Waals surface area contributed by atoms with Crippen LogP contribution in [0.25, 0.3) is 0 Å². The Labute approximate surface area is 97.7 Å². The Balaban J connectivity index is 1.88. The van der Waals surface area contributed by atoms with Gasteiger partial charge in [0.05, 0.1) is 5.50 Å². The maximum Gasteiger partial charge on any atom is 0.0952 e. The van der Waals surface area contributed by atoms with Crippen molar-refractivity contribution in [2.75, 3.05) is 12.3 Å². The smallest absolute Gasteiger partial charge is 0.0952 e. The molecule has 14 heavy (non-hydrogen) atoms. The number of alkyl halides is 1. The van der Waals surface area contributed by atoms with Gasteiger partial charge in [0.1, 0.15) is 0 Å². The third-order valence-corrected chi connectivity index (χ3v) is 4.41. The highest BCUT2D eigenvalue weighted by Gasteiger charge is 2.21. The van der Waals surface area contributed by atoms with E-state index in [-0.39, 0.29) is 0 Å². The normalized spacial score (nSPS) is 23.1. The van der Waals surface area contributed by atoms with Crippen LogP contribution >= 0.6 is 23.5 Å². The van der Waals surface area contributed by atoms with Gasteiger partial charge in [0.15, 0.2) is 0 Å². The molecule has 0 N–H and O–H groups in total. The summed E-state index contributed by atoms with van der Waals surface area (Å²) in [5.74, 6) is 1.21. The van der Waals surface area contributed by atoms with Crippen molar-refractivity contribution < 1.29 is 0 Å². The van der Waals surface area contributed by atoms with Gasteiger partial charge in [-0.3, -0.25) is 0 Å². The van der Waals surface area contributed by atoms with Gasteiger partial charge in [-0.1, -0.05) is 51.0 Å². The highest BCUT2D eigenvalue weighted by Crippen LogP contribution is 2.29. The summed E-state index contributed by atoms with van der Waals surface area (Å²) in [6.45, 7) is 3.45. The quantitative estimate of drug-likeness (QED) is 0.281. The lowest BCUT2D eigenvalue weighted by atomic mass is 10.1. The fraction of sp³-hybridized carbons (Fsp3) is 1.00. The van der Waals surface area contributed by atoms with Gasteiger partial charge in [0, 0.05) is 12.3 Å². The van der Waals surface area contributed by atoms with Gasteiger partial charge in [-0.15, -0.1) is 11.6 Å². The molecule has 1 aliphatic rings. The zero-order valence-electron chi connectivity index (χ0n) is 9.17. The molecule has 0 aromatic carbocycles. The molecule has 1 fully saturated rings. The third-order valence-electron chi connectivity index (χ3n) is 2.66. The summed E-state index contributed by atoms with van der Waals surface area (Å²) in [7, 11) is 0. The first kappa shape index (κ1) is 12.7. The number of rotatable bonds is 7. The van der Waals surface area contributed by atoms with Gasteiger partial charge >= 0.3 is 0 Å². The second-order valence-corrected chi connectivity index (χ2v) is 5.60. The van der Waals surface area contributed by atoms with Gasteiger partial charge < -0.3 is 0 Å². The first-order valence-electron chi connectivity index (χ1n) is 5.88. The number of hydrogen-bond acceptors (Lipinski definition) is 2. The Bertz CT molecular complexity index is 143. The van der Waals surface area contributed by atoms with E-state index in [1.807, 2.05) is 11.9 Å². The SMILES string of the molecule is CCCCCCCCN1SCCC1Cl. The van der Waals surface area contributed by atoms with Crippen LogP contribution in [0.1, 0.15) is 51.9 Å². The standard InChI is InChI=1S/C11H22ClNS/c1-2-3-4-5-6-7-9-13-11(12)8-10-14-13/h11H,2-10H2,1H3. The van der Waals surface area contributed by atoms with E-state index < -0.39 is 0 Å². The van der Waals surface area contributed by atoms with Gasteiger partial charge in [0.2, 0.25) is 0 Å². The van der Waals surface area contributed by atoms with Crippen molar-refractivity contribution in [3.8, 4) is 0 Å². The minimum atomic E-state index is 0.302. The average molecular weight is 236 g/mol. The van der Waals surface area contributed by atoms with Crippen LogP contribution in [0.15, 0.2) is 0 Å². The summed E-state index contributed by atoms with van der Waals surface area (Å²) in [6.07, 6.45) is 9.40. The molecule has 1 nitrogen and oxygen atoms in total. The summed E-state index contributed by atoms with van der Waals surface area (Å²) < 4.78 is 2.35. The van der Waals surface area contributed by atoms with E-state index in [4.69, 9.17) is 11.6 Å². The van der Waals surface area contributed by atoms with Crippen molar-refractivity contribution in [2.24, 2.45) is 0 Å². The first-order valence-corrected chi connectivity index (χ1v) is 7.26. The summed E-state index contributed by atoms with van der Waals surface area (Å²) in [5.41, 5.74) is 0.302. The fourth-order valence-electron chi connectivity index (χ4n) is 1.74. The molecule has 0 aromatic heterocycles. The zero-order valence-corrected chi connectivity index (χ0v) is 10.7. The number of halogens is 1. The van der Waals surface area contributed by atoms with Crippen molar-refractivity contribution in [3.05, 3.63) is 0 Å². The minimum absolute atomic E-state index is 0.302. The summed E-state index contributed by atoms with van der Waals surface area (Å²) in [6, 6.07) is 0. The van der Waals surface area contributed by atoms with E-state index in [1.165, 1.54) is 50.8 Å². The van der Waals surface area contributed by atoms with E-state index >= 15 is 0 Å². The van der Waals surface area contributed by atoms with Crippen LogP contribution in [0.2, 0.25) is 0 Å². The Hall–Kier alpha value is 0.600. The van der Waals surface area contributed by atoms with Gasteiger partial charge in [-0.2, -0.15) is 0 Å². The lowest BCUT2D eigenvalue weighted by molar-refractivity contribution is 0.432. The van der Waals surface area contributed by atoms with Crippen molar-refractivity contribution in [1.82, 2.24) is 4.31 Å². The predicted molar refractivity (Wildman–Crippen MR) is 66.8 cm³/mol. The lowest BCUT2D eigenvalue weighted by Gasteiger charge is -2.17. The van der Waals surface area contributed by atoms with E-state index in [0.717, 1.165) is 6.42 Å². The van der Waals surface area contributed by atoms with E-state index in [1.54, 1.807) is 0 Å². The minimum Gasteiger partial charge on any atom is -0.233 e. The molecule has 0 spiro atoms. The molecule has 1 atom stereocenters. The van der Waals surface area contributed by atoms with Crippen molar-refractivity contribution in [2.45, 2.75) is 57.4 Å². The molecule has 1 saturated heterocycles. The largest absolute Gasteiger partial charge is 0.233 e. The van der Waals surface area contributed by atoms with Crippen LogP contribution in [0.3, 0.4) is 0 Å². The van der Waals surface area contributed by atoms with E-state index in [0.29, 0.717) is 5.50 Å². The highest BCUT2D eigenvalue weighted by atomic mass is 35.5. The molecule has 84 valence electrons. The van der Waals surface area contributed by atoms with Gasteiger partial charge in [-0.25, -0.2) is 4.31 Å². The molecule has 1 unspecified atom stereocenters. The summed E-state index contributed by atoms with van der Waals surface area (Å²) in [4.78, 5) is 0. The highest BCUT2D eigenvalue weighted by molar-refractivity contribution is 7.97. The molecule has 3 heteroatoms. The Morgan fingerprint density at radius 2 is 1.93 bits per heavy atom. The maximum atomic E-state index is 6.15. The van der Waals surface area contributed by atoms with Crippen LogP contribution in [0, 0.1) is 0 Å². The molecule has 1 heterocycles. The topological polar surface area (TPSA) is 3.24 Å². The van der Waals surface area contributed by atoms with Crippen LogP contribution in [0.4, 0.5) is 0 Å². The number of hydrogen-bond donors (Lipinski definition) is 0. The Kier molecular flexibility index (Phi) is 7.09. The van der Waals surface area contributed by atoms with Gasteiger partial charge in [0.25, 0.3) is 0 Å². The molecular formula is C11H22ClNS. The Morgan fingerprint density at radius 1 is 1.21 bits per heavy atom. The molecule has 0 bridgehead atoms. The van der Waals surface area contributed by atoms with E-state index in [9.17, 15) is 0 Å². The molecule has 0 aliphatic carbocycles. The number of unbranched alkanes of at least 4 members (excludes halogenated alkanes) is 5. The second-order valence-electron chi connectivity index (χ2n) is 3.96. The summed E-state index contributed by atoms with van der Waals surface area (Å²) in [5, 5.41) is 0.